The SMILES string of the molecule is CCCC1CN(CC(F)F)C(C(C)CC)CN1. The molecule has 0 aromatic rings. The van der Waals surface area contributed by atoms with Gasteiger partial charge in [0, 0.05) is 25.2 Å². The molecule has 3 unspecified atom stereocenters. The lowest BCUT2D eigenvalue weighted by atomic mass is 9.93. The molecule has 1 aliphatic rings. The number of piperazine rings is 1. The Hall–Kier alpha value is -0.220. The summed E-state index contributed by atoms with van der Waals surface area (Å²) in [6.07, 6.45) is 1.01. The number of alkyl halides is 2. The zero-order valence-corrected chi connectivity index (χ0v) is 11.3. The summed E-state index contributed by atoms with van der Waals surface area (Å²) >= 11 is 0. The molecule has 3 atom stereocenters. The number of hydrogen-bond donors (Lipinski definition) is 1. The summed E-state index contributed by atoms with van der Waals surface area (Å²) in [6.45, 7) is 7.98. The van der Waals surface area contributed by atoms with Crippen molar-refractivity contribution in [1.82, 2.24) is 10.2 Å². The van der Waals surface area contributed by atoms with Crippen molar-refractivity contribution in [1.29, 1.82) is 0 Å². The molecule has 1 rings (SSSR count). The van der Waals surface area contributed by atoms with Crippen LogP contribution in [-0.2, 0) is 0 Å². The topological polar surface area (TPSA) is 15.3 Å². The summed E-state index contributed by atoms with van der Waals surface area (Å²) in [4.78, 5) is 2.00. The van der Waals surface area contributed by atoms with Gasteiger partial charge in [0.15, 0.2) is 0 Å². The molecular weight excluding hydrogens is 222 g/mol. The minimum absolute atomic E-state index is 0.0725. The molecule has 0 spiro atoms. The third-order valence-electron chi connectivity index (χ3n) is 3.85. The quantitative estimate of drug-likeness (QED) is 0.777. The Morgan fingerprint density at radius 3 is 2.59 bits per heavy atom. The number of hydrogen-bond acceptors (Lipinski definition) is 2. The van der Waals surface area contributed by atoms with Crippen LogP contribution in [0.15, 0.2) is 0 Å². The van der Waals surface area contributed by atoms with Gasteiger partial charge in [-0.25, -0.2) is 8.78 Å². The predicted octanol–water partition coefficient (Wildman–Crippen LogP) is 2.74. The molecule has 2 nitrogen and oxygen atoms in total. The van der Waals surface area contributed by atoms with Gasteiger partial charge >= 0.3 is 0 Å². The van der Waals surface area contributed by atoms with Crippen LogP contribution in [0.2, 0.25) is 0 Å². The fourth-order valence-corrected chi connectivity index (χ4v) is 2.66. The molecule has 0 aromatic heterocycles. The molecule has 0 aromatic carbocycles. The average molecular weight is 248 g/mol. The van der Waals surface area contributed by atoms with Crippen molar-refractivity contribution in [3.63, 3.8) is 0 Å². The summed E-state index contributed by atoms with van der Waals surface area (Å²) in [7, 11) is 0. The molecule has 0 radical (unpaired) electrons. The van der Waals surface area contributed by atoms with Gasteiger partial charge in [-0.3, -0.25) is 4.90 Å². The highest BCUT2D eigenvalue weighted by Gasteiger charge is 2.31. The molecular formula is C13H26F2N2. The highest BCUT2D eigenvalue weighted by Crippen LogP contribution is 2.20. The lowest BCUT2D eigenvalue weighted by Crippen LogP contribution is -2.59. The van der Waals surface area contributed by atoms with Crippen molar-refractivity contribution in [2.45, 2.75) is 58.5 Å². The second kappa shape index (κ2) is 7.27. The van der Waals surface area contributed by atoms with E-state index < -0.39 is 6.43 Å². The van der Waals surface area contributed by atoms with Crippen LogP contribution in [0.3, 0.4) is 0 Å². The molecule has 0 amide bonds. The fraction of sp³-hybridized carbons (Fsp3) is 1.00. The highest BCUT2D eigenvalue weighted by molar-refractivity contribution is 4.88. The molecule has 1 heterocycles. The molecule has 0 bridgehead atoms. The minimum atomic E-state index is -2.22. The van der Waals surface area contributed by atoms with Gasteiger partial charge in [-0.05, 0) is 12.3 Å². The van der Waals surface area contributed by atoms with Gasteiger partial charge in [-0.1, -0.05) is 33.6 Å². The lowest BCUT2D eigenvalue weighted by molar-refractivity contribution is 0.0241. The van der Waals surface area contributed by atoms with E-state index in [1.165, 1.54) is 0 Å². The Kier molecular flexibility index (Phi) is 6.34. The molecule has 102 valence electrons. The Morgan fingerprint density at radius 2 is 2.06 bits per heavy atom. The van der Waals surface area contributed by atoms with Crippen LogP contribution in [-0.4, -0.2) is 43.0 Å². The minimum Gasteiger partial charge on any atom is -0.311 e. The van der Waals surface area contributed by atoms with Crippen LogP contribution in [0.5, 0.6) is 0 Å². The predicted molar refractivity (Wildman–Crippen MR) is 67.5 cm³/mol. The second-order valence-corrected chi connectivity index (χ2v) is 5.19. The number of nitrogens with one attached hydrogen (secondary N) is 1. The van der Waals surface area contributed by atoms with Crippen molar-refractivity contribution in [2.24, 2.45) is 5.92 Å². The monoisotopic (exact) mass is 248 g/mol. The van der Waals surface area contributed by atoms with Crippen LogP contribution in [0, 0.1) is 5.92 Å². The largest absolute Gasteiger partial charge is 0.311 e. The third kappa shape index (κ3) is 4.51. The zero-order valence-electron chi connectivity index (χ0n) is 11.3. The Balaban J connectivity index is 2.58. The van der Waals surface area contributed by atoms with Gasteiger partial charge in [0.05, 0.1) is 6.54 Å². The van der Waals surface area contributed by atoms with E-state index in [4.69, 9.17) is 0 Å². The Morgan fingerprint density at radius 1 is 1.35 bits per heavy atom. The molecule has 1 N–H and O–H groups in total. The van der Waals surface area contributed by atoms with E-state index in [0.717, 1.165) is 32.4 Å². The Bertz CT molecular complexity index is 212. The Labute approximate surface area is 104 Å². The van der Waals surface area contributed by atoms with Gasteiger partial charge in [0.25, 0.3) is 6.43 Å². The maximum atomic E-state index is 12.6. The van der Waals surface area contributed by atoms with Crippen LogP contribution in [0.4, 0.5) is 8.78 Å². The van der Waals surface area contributed by atoms with E-state index >= 15 is 0 Å². The number of nitrogens with zero attached hydrogens (tertiary/aromatic N) is 1. The maximum absolute atomic E-state index is 12.6. The first kappa shape index (κ1) is 14.8. The van der Waals surface area contributed by atoms with Gasteiger partial charge in [0.2, 0.25) is 0 Å². The van der Waals surface area contributed by atoms with Crippen molar-refractivity contribution in [3.8, 4) is 0 Å². The first-order valence-electron chi connectivity index (χ1n) is 6.84. The van der Waals surface area contributed by atoms with Gasteiger partial charge in [-0.2, -0.15) is 0 Å². The van der Waals surface area contributed by atoms with E-state index in [2.05, 4.69) is 26.1 Å². The molecule has 1 fully saturated rings. The fourth-order valence-electron chi connectivity index (χ4n) is 2.66. The first-order chi connectivity index (χ1) is 8.08. The molecule has 17 heavy (non-hydrogen) atoms. The third-order valence-corrected chi connectivity index (χ3v) is 3.85. The van der Waals surface area contributed by atoms with Crippen molar-refractivity contribution in [2.75, 3.05) is 19.6 Å². The van der Waals surface area contributed by atoms with Crippen molar-refractivity contribution in [3.05, 3.63) is 0 Å². The summed E-state index contributed by atoms with van der Waals surface area (Å²) < 4.78 is 25.2. The molecule has 1 aliphatic heterocycles. The van der Waals surface area contributed by atoms with E-state index in [1.807, 2.05) is 4.90 Å². The van der Waals surface area contributed by atoms with E-state index in [1.54, 1.807) is 0 Å². The molecule has 1 saturated heterocycles. The average Bonchev–Trinajstić information content (AvgIpc) is 2.28. The summed E-state index contributed by atoms with van der Waals surface area (Å²) in [6, 6.07) is 0.654. The molecule has 0 aliphatic carbocycles. The van der Waals surface area contributed by atoms with Crippen LogP contribution < -0.4 is 5.32 Å². The van der Waals surface area contributed by atoms with Crippen LogP contribution >= 0.6 is 0 Å². The van der Waals surface area contributed by atoms with Crippen LogP contribution in [0.25, 0.3) is 0 Å². The smallest absolute Gasteiger partial charge is 0.251 e. The van der Waals surface area contributed by atoms with Crippen molar-refractivity contribution < 1.29 is 8.78 Å². The van der Waals surface area contributed by atoms with E-state index in [9.17, 15) is 8.78 Å². The number of rotatable bonds is 6. The second-order valence-electron chi connectivity index (χ2n) is 5.19. The summed E-state index contributed by atoms with van der Waals surface area (Å²) in [5.41, 5.74) is 0. The zero-order chi connectivity index (χ0) is 12.8. The van der Waals surface area contributed by atoms with Crippen molar-refractivity contribution >= 4 is 0 Å². The van der Waals surface area contributed by atoms with Gasteiger partial charge < -0.3 is 5.32 Å². The molecule has 4 heteroatoms. The van der Waals surface area contributed by atoms with Crippen LogP contribution in [0.1, 0.15) is 40.0 Å². The van der Waals surface area contributed by atoms with E-state index in [0.29, 0.717) is 12.0 Å². The highest BCUT2D eigenvalue weighted by atomic mass is 19.3. The maximum Gasteiger partial charge on any atom is 0.251 e. The first-order valence-corrected chi connectivity index (χ1v) is 6.84. The standard InChI is InChI=1S/C13H26F2N2/c1-4-6-11-8-17(9-13(14)15)12(7-16-11)10(3)5-2/h10-13,16H,4-9H2,1-3H3. The normalized spacial score (nSPS) is 28.6. The van der Waals surface area contributed by atoms with Gasteiger partial charge in [-0.15, -0.1) is 0 Å². The summed E-state index contributed by atoms with van der Waals surface area (Å²) in [5.74, 6) is 0.476. The number of halogens is 2. The van der Waals surface area contributed by atoms with Gasteiger partial charge in [0.1, 0.15) is 0 Å². The summed E-state index contributed by atoms with van der Waals surface area (Å²) in [5, 5.41) is 3.50. The van der Waals surface area contributed by atoms with E-state index in [-0.39, 0.29) is 12.6 Å². The molecule has 0 saturated carbocycles. The lowest BCUT2D eigenvalue weighted by Gasteiger charge is -2.43.